The molecular formula is C32H48N2. The van der Waals surface area contributed by atoms with Crippen molar-refractivity contribution in [2.75, 3.05) is 0 Å². The summed E-state index contributed by atoms with van der Waals surface area (Å²) in [5, 5.41) is 0. The summed E-state index contributed by atoms with van der Waals surface area (Å²) in [6.07, 6.45) is 16.2. The van der Waals surface area contributed by atoms with Crippen molar-refractivity contribution >= 4 is 0 Å². The van der Waals surface area contributed by atoms with E-state index in [4.69, 9.17) is 9.97 Å². The third-order valence-corrected chi connectivity index (χ3v) is 13.6. The molecule has 4 saturated carbocycles. The summed E-state index contributed by atoms with van der Waals surface area (Å²) in [5.41, 5.74) is 5.86. The van der Waals surface area contributed by atoms with E-state index in [1.165, 1.54) is 68.3 Å². The van der Waals surface area contributed by atoms with Crippen LogP contribution in [0.4, 0.5) is 0 Å². The molecule has 1 heterocycles. The highest BCUT2D eigenvalue weighted by molar-refractivity contribution is 5.32. The zero-order chi connectivity index (χ0) is 24.3. The van der Waals surface area contributed by atoms with Gasteiger partial charge in [-0.2, -0.15) is 0 Å². The molecule has 34 heavy (non-hydrogen) atoms. The van der Waals surface area contributed by atoms with E-state index in [0.717, 1.165) is 30.1 Å². The minimum atomic E-state index is 0.108. The lowest BCUT2D eigenvalue weighted by Crippen LogP contribution is -2.66. The second-order valence-corrected chi connectivity index (χ2v) is 15.1. The second kappa shape index (κ2) is 6.98. The molecule has 7 unspecified atom stereocenters. The van der Waals surface area contributed by atoms with E-state index in [9.17, 15) is 0 Å². The van der Waals surface area contributed by atoms with Crippen LogP contribution in [0.25, 0.3) is 0 Å². The van der Waals surface area contributed by atoms with Gasteiger partial charge in [0.15, 0.2) is 0 Å². The first-order valence-electron chi connectivity index (χ1n) is 14.3. The number of allylic oxidation sites excluding steroid dienone is 1. The Morgan fingerprint density at radius 2 is 1.56 bits per heavy atom. The summed E-state index contributed by atoms with van der Waals surface area (Å²) >= 11 is 0. The van der Waals surface area contributed by atoms with Crippen molar-refractivity contribution in [2.24, 2.45) is 51.2 Å². The summed E-state index contributed by atoms with van der Waals surface area (Å²) in [6.45, 7) is 22.6. The summed E-state index contributed by atoms with van der Waals surface area (Å²) in [7, 11) is 0. The maximum Gasteiger partial charge on any atom is 0.0678 e. The predicted octanol–water partition coefficient (Wildman–Crippen LogP) is 8.17. The van der Waals surface area contributed by atoms with Crippen molar-refractivity contribution < 1.29 is 0 Å². The van der Waals surface area contributed by atoms with E-state index >= 15 is 0 Å². The molecule has 2 heteroatoms. The molecule has 0 aromatic carbocycles. The molecule has 5 aliphatic rings. The second-order valence-electron chi connectivity index (χ2n) is 15.1. The number of aromatic nitrogens is 2. The monoisotopic (exact) mass is 460 g/mol. The van der Waals surface area contributed by atoms with E-state index in [-0.39, 0.29) is 5.41 Å². The third kappa shape index (κ3) is 2.64. The maximum absolute atomic E-state index is 4.92. The third-order valence-electron chi connectivity index (χ3n) is 13.6. The van der Waals surface area contributed by atoms with Gasteiger partial charge in [-0.15, -0.1) is 0 Å². The maximum atomic E-state index is 4.92. The lowest BCUT2D eigenvalue weighted by Gasteiger charge is -2.72. The number of fused-ring (bicyclic) bond motifs is 8. The van der Waals surface area contributed by atoms with E-state index in [2.05, 4.69) is 55.0 Å². The van der Waals surface area contributed by atoms with Crippen LogP contribution in [0.5, 0.6) is 0 Å². The van der Waals surface area contributed by atoms with Crippen LogP contribution in [0.3, 0.4) is 0 Å². The summed E-state index contributed by atoms with van der Waals surface area (Å²) in [6, 6.07) is 0. The number of nitrogens with zero attached hydrogens (tertiary/aromatic N) is 2. The van der Waals surface area contributed by atoms with Gasteiger partial charge < -0.3 is 0 Å². The van der Waals surface area contributed by atoms with Crippen LogP contribution >= 0.6 is 0 Å². The van der Waals surface area contributed by atoms with Gasteiger partial charge in [0.25, 0.3) is 0 Å². The average Bonchev–Trinajstić information content (AvgIpc) is 3.12. The van der Waals surface area contributed by atoms with E-state index < -0.39 is 0 Å². The van der Waals surface area contributed by atoms with Crippen LogP contribution < -0.4 is 0 Å². The van der Waals surface area contributed by atoms with Gasteiger partial charge in [-0.25, -0.2) is 0 Å². The summed E-state index contributed by atoms with van der Waals surface area (Å²) < 4.78 is 0. The van der Waals surface area contributed by atoms with Crippen molar-refractivity contribution in [3.63, 3.8) is 0 Å². The van der Waals surface area contributed by atoms with E-state index in [1.807, 2.05) is 12.4 Å². The van der Waals surface area contributed by atoms with Gasteiger partial charge in [0.05, 0.1) is 11.4 Å². The molecule has 1 aromatic heterocycles. The van der Waals surface area contributed by atoms with Gasteiger partial charge >= 0.3 is 0 Å². The number of rotatable bonds is 1. The molecule has 2 nitrogen and oxygen atoms in total. The van der Waals surface area contributed by atoms with Gasteiger partial charge in [0.2, 0.25) is 0 Å². The number of hydrogen-bond acceptors (Lipinski definition) is 2. The molecule has 5 aliphatic carbocycles. The van der Waals surface area contributed by atoms with E-state index in [1.54, 1.807) is 0 Å². The SMILES string of the molecule is C=C(C)[C@@H]1CCC2(C)CC[C@]3(C)C(CCC4C5(C)Cc6nccnc6C(C)(C)C5CCC43C)C12. The Kier molecular flexibility index (Phi) is 4.77. The molecular weight excluding hydrogens is 412 g/mol. The van der Waals surface area contributed by atoms with Crippen LogP contribution in [0, 0.1) is 51.2 Å². The lowest BCUT2D eigenvalue weighted by molar-refractivity contribution is -0.224. The quantitative estimate of drug-likeness (QED) is 0.395. The van der Waals surface area contributed by atoms with Crippen molar-refractivity contribution in [2.45, 2.75) is 112 Å². The summed E-state index contributed by atoms with van der Waals surface area (Å²) in [4.78, 5) is 9.81. The fourth-order valence-electron chi connectivity index (χ4n) is 11.9. The molecule has 186 valence electrons. The van der Waals surface area contributed by atoms with Crippen LogP contribution in [0.2, 0.25) is 0 Å². The highest BCUT2D eigenvalue weighted by Crippen LogP contribution is 2.77. The largest absolute Gasteiger partial charge is 0.258 e. The first-order valence-corrected chi connectivity index (χ1v) is 14.3. The summed E-state index contributed by atoms with van der Waals surface area (Å²) in [5.74, 6) is 3.94. The predicted molar refractivity (Wildman–Crippen MR) is 140 cm³/mol. The smallest absolute Gasteiger partial charge is 0.0678 e. The van der Waals surface area contributed by atoms with Gasteiger partial charge in [-0.05, 0) is 116 Å². The minimum absolute atomic E-state index is 0.108. The molecule has 0 spiro atoms. The minimum Gasteiger partial charge on any atom is -0.258 e. The lowest BCUT2D eigenvalue weighted by atomic mass is 9.32. The van der Waals surface area contributed by atoms with E-state index in [0.29, 0.717) is 27.6 Å². The standard InChI is InChI=1S/C32H48N2/c1-20(2)21-11-13-29(5)15-16-31(7)22(26(21)29)9-10-25-30(6)19-23-27(34-18-17-33-23)28(3,4)24(30)12-14-32(25,31)8/h17-18,21-22,24-26H,1,9-16,19H2,2-8H3/t21-,22?,24?,25?,26?,29?,30?,31+,32?/m0/s1. The van der Waals surface area contributed by atoms with Crippen LogP contribution in [-0.4, -0.2) is 9.97 Å². The van der Waals surface area contributed by atoms with Crippen molar-refractivity contribution in [1.82, 2.24) is 9.97 Å². The Bertz CT molecular complexity index is 1030. The first kappa shape index (κ1) is 23.2. The zero-order valence-corrected chi connectivity index (χ0v) is 23.0. The molecule has 6 rings (SSSR count). The Balaban J connectivity index is 1.43. The Morgan fingerprint density at radius 3 is 2.29 bits per heavy atom. The molecule has 0 bridgehead atoms. The van der Waals surface area contributed by atoms with Gasteiger partial charge in [-0.3, -0.25) is 9.97 Å². The Morgan fingerprint density at radius 1 is 0.824 bits per heavy atom. The average molecular weight is 461 g/mol. The highest BCUT2D eigenvalue weighted by atomic mass is 14.9. The van der Waals surface area contributed by atoms with Crippen molar-refractivity contribution in [3.05, 3.63) is 35.9 Å². The van der Waals surface area contributed by atoms with Crippen LogP contribution in [-0.2, 0) is 11.8 Å². The Labute approximate surface area is 208 Å². The fourth-order valence-corrected chi connectivity index (χ4v) is 11.9. The van der Waals surface area contributed by atoms with Crippen molar-refractivity contribution in [1.29, 1.82) is 0 Å². The van der Waals surface area contributed by atoms with Crippen LogP contribution in [0.15, 0.2) is 24.5 Å². The zero-order valence-electron chi connectivity index (χ0n) is 23.0. The van der Waals surface area contributed by atoms with Crippen LogP contribution in [0.1, 0.15) is 111 Å². The molecule has 4 fully saturated rings. The molecule has 0 N–H and O–H groups in total. The molecule has 9 atom stereocenters. The first-order chi connectivity index (χ1) is 15.9. The van der Waals surface area contributed by atoms with Crippen molar-refractivity contribution in [3.8, 4) is 0 Å². The van der Waals surface area contributed by atoms with Gasteiger partial charge in [0, 0.05) is 17.8 Å². The van der Waals surface area contributed by atoms with Gasteiger partial charge in [0.1, 0.15) is 0 Å². The molecule has 1 aromatic rings. The van der Waals surface area contributed by atoms with Gasteiger partial charge in [-0.1, -0.05) is 53.7 Å². The fraction of sp³-hybridized carbons (Fsp3) is 0.812. The Hall–Kier alpha value is -1.18. The topological polar surface area (TPSA) is 25.8 Å². The number of hydrogen-bond donors (Lipinski definition) is 0. The normalized spacial score (nSPS) is 50.9. The molecule has 0 aliphatic heterocycles. The molecule has 0 amide bonds. The molecule has 0 radical (unpaired) electrons. The molecule has 0 saturated heterocycles. The highest BCUT2D eigenvalue weighted by Gasteiger charge is 2.70.